The molecule has 0 unspecified atom stereocenters. The smallest absolute Gasteiger partial charge is 0.0659 e. The van der Waals surface area contributed by atoms with Crippen LogP contribution in [0.2, 0.25) is 5.02 Å². The lowest BCUT2D eigenvalue weighted by molar-refractivity contribution is 1.000. The van der Waals surface area contributed by atoms with Gasteiger partial charge in [0.1, 0.15) is 0 Å². The summed E-state index contributed by atoms with van der Waals surface area (Å²) in [4.78, 5) is 2.23. The van der Waals surface area contributed by atoms with Crippen LogP contribution >= 0.6 is 11.6 Å². The minimum Gasteiger partial charge on any atom is -0.397 e. The summed E-state index contributed by atoms with van der Waals surface area (Å²) in [7, 11) is 0. The summed E-state index contributed by atoms with van der Waals surface area (Å²) in [6, 6.07) is 14.0. The van der Waals surface area contributed by atoms with Crippen LogP contribution < -0.4 is 10.6 Å². The van der Waals surface area contributed by atoms with Gasteiger partial charge in [0.05, 0.1) is 11.4 Å². The molecular formula is C14H13ClN2. The monoisotopic (exact) mass is 244 g/mol. The van der Waals surface area contributed by atoms with E-state index in [9.17, 15) is 0 Å². The molecule has 0 amide bonds. The Balaban J connectivity index is 2.10. The van der Waals surface area contributed by atoms with Crippen LogP contribution in [-0.4, -0.2) is 6.54 Å². The van der Waals surface area contributed by atoms with Crippen molar-refractivity contribution < 1.29 is 0 Å². The van der Waals surface area contributed by atoms with Crippen LogP contribution in [0.1, 0.15) is 5.56 Å². The Morgan fingerprint density at radius 2 is 1.88 bits per heavy atom. The van der Waals surface area contributed by atoms with Crippen LogP contribution in [0.3, 0.4) is 0 Å². The molecule has 2 aromatic rings. The number of hydrogen-bond acceptors (Lipinski definition) is 2. The lowest BCUT2D eigenvalue weighted by atomic mass is 10.2. The standard InChI is InChI=1S/C14H13ClN2/c15-11-5-6-12(16)14(9-11)17-8-7-10-3-1-2-4-13(10)17/h1-6,9H,7-8,16H2. The van der Waals surface area contributed by atoms with E-state index in [1.807, 2.05) is 18.2 Å². The van der Waals surface area contributed by atoms with Crippen LogP contribution in [0.25, 0.3) is 0 Å². The maximum Gasteiger partial charge on any atom is 0.0659 e. The topological polar surface area (TPSA) is 29.3 Å². The molecule has 86 valence electrons. The highest BCUT2D eigenvalue weighted by Crippen LogP contribution is 2.38. The van der Waals surface area contributed by atoms with Crippen molar-refractivity contribution in [3.63, 3.8) is 0 Å². The summed E-state index contributed by atoms with van der Waals surface area (Å²) >= 11 is 6.04. The van der Waals surface area contributed by atoms with Crippen LogP contribution in [-0.2, 0) is 6.42 Å². The summed E-state index contributed by atoms with van der Waals surface area (Å²) in [6.45, 7) is 0.962. The van der Waals surface area contributed by atoms with Gasteiger partial charge in [-0.15, -0.1) is 0 Å². The number of halogens is 1. The number of para-hydroxylation sites is 1. The van der Waals surface area contributed by atoms with Gasteiger partial charge in [0.15, 0.2) is 0 Å². The van der Waals surface area contributed by atoms with Gasteiger partial charge in [-0.3, -0.25) is 0 Å². The summed E-state index contributed by atoms with van der Waals surface area (Å²) in [5.41, 5.74) is 10.4. The van der Waals surface area contributed by atoms with E-state index in [2.05, 4.69) is 29.2 Å². The molecule has 3 heteroatoms. The molecule has 1 heterocycles. The Bertz CT molecular complexity index is 566. The largest absolute Gasteiger partial charge is 0.397 e. The summed E-state index contributed by atoms with van der Waals surface area (Å²) in [6.07, 6.45) is 1.06. The molecule has 0 radical (unpaired) electrons. The minimum atomic E-state index is 0.721. The third-order valence-electron chi connectivity index (χ3n) is 3.17. The Morgan fingerprint density at radius 1 is 1.06 bits per heavy atom. The Morgan fingerprint density at radius 3 is 2.76 bits per heavy atom. The first kappa shape index (κ1) is 10.5. The number of anilines is 3. The summed E-state index contributed by atoms with van der Waals surface area (Å²) in [5, 5.41) is 0.721. The van der Waals surface area contributed by atoms with Crippen molar-refractivity contribution in [2.45, 2.75) is 6.42 Å². The average Bonchev–Trinajstić information content (AvgIpc) is 2.76. The quantitative estimate of drug-likeness (QED) is 0.777. The number of fused-ring (bicyclic) bond motifs is 1. The van der Waals surface area contributed by atoms with Crippen molar-refractivity contribution in [2.75, 3.05) is 17.2 Å². The lowest BCUT2D eigenvalue weighted by Crippen LogP contribution is -2.14. The van der Waals surface area contributed by atoms with Crippen LogP contribution in [0.4, 0.5) is 17.1 Å². The fourth-order valence-electron chi connectivity index (χ4n) is 2.34. The van der Waals surface area contributed by atoms with Crippen molar-refractivity contribution >= 4 is 28.7 Å². The number of nitrogens with zero attached hydrogens (tertiary/aromatic N) is 1. The first-order valence-electron chi connectivity index (χ1n) is 5.66. The first-order valence-corrected chi connectivity index (χ1v) is 6.04. The average molecular weight is 245 g/mol. The lowest BCUT2D eigenvalue weighted by Gasteiger charge is -2.21. The highest BCUT2D eigenvalue weighted by molar-refractivity contribution is 6.31. The number of nitrogens with two attached hydrogens (primary N) is 1. The Labute approximate surface area is 106 Å². The van der Waals surface area contributed by atoms with Gasteiger partial charge >= 0.3 is 0 Å². The van der Waals surface area contributed by atoms with Crippen molar-refractivity contribution in [1.82, 2.24) is 0 Å². The van der Waals surface area contributed by atoms with Crippen molar-refractivity contribution in [3.8, 4) is 0 Å². The van der Waals surface area contributed by atoms with E-state index >= 15 is 0 Å². The fraction of sp³-hybridized carbons (Fsp3) is 0.143. The first-order chi connectivity index (χ1) is 8.25. The molecule has 0 atom stereocenters. The Kier molecular flexibility index (Phi) is 2.45. The highest BCUT2D eigenvalue weighted by atomic mass is 35.5. The molecule has 2 nitrogen and oxygen atoms in total. The molecule has 0 fully saturated rings. The molecule has 0 aromatic heterocycles. The second-order valence-corrected chi connectivity index (χ2v) is 4.67. The van der Waals surface area contributed by atoms with Crippen LogP contribution in [0, 0.1) is 0 Å². The molecule has 0 aliphatic carbocycles. The number of hydrogen-bond donors (Lipinski definition) is 1. The SMILES string of the molecule is Nc1ccc(Cl)cc1N1CCc2ccccc21. The zero-order valence-electron chi connectivity index (χ0n) is 9.36. The zero-order chi connectivity index (χ0) is 11.8. The molecule has 2 N–H and O–H groups in total. The highest BCUT2D eigenvalue weighted by Gasteiger charge is 2.21. The minimum absolute atomic E-state index is 0.721. The maximum absolute atomic E-state index is 6.04. The second kappa shape index (κ2) is 3.97. The molecule has 3 rings (SSSR count). The van der Waals surface area contributed by atoms with Gasteiger partial charge in [-0.25, -0.2) is 0 Å². The van der Waals surface area contributed by atoms with Gasteiger partial charge < -0.3 is 10.6 Å². The molecule has 0 bridgehead atoms. The summed E-state index contributed by atoms with van der Waals surface area (Å²) < 4.78 is 0. The molecule has 0 saturated carbocycles. The van der Waals surface area contributed by atoms with Crippen LogP contribution in [0.15, 0.2) is 42.5 Å². The number of benzene rings is 2. The zero-order valence-corrected chi connectivity index (χ0v) is 10.1. The molecule has 1 aliphatic rings. The van der Waals surface area contributed by atoms with Crippen molar-refractivity contribution in [2.24, 2.45) is 0 Å². The third kappa shape index (κ3) is 1.75. The molecule has 1 aliphatic heterocycles. The van der Waals surface area contributed by atoms with Gasteiger partial charge in [0.2, 0.25) is 0 Å². The maximum atomic E-state index is 6.04. The van der Waals surface area contributed by atoms with E-state index in [1.54, 1.807) is 0 Å². The van der Waals surface area contributed by atoms with E-state index < -0.39 is 0 Å². The summed E-state index contributed by atoms with van der Waals surface area (Å²) in [5.74, 6) is 0. The van der Waals surface area contributed by atoms with Crippen molar-refractivity contribution in [3.05, 3.63) is 53.1 Å². The molecule has 0 spiro atoms. The van der Waals surface area contributed by atoms with E-state index in [4.69, 9.17) is 17.3 Å². The van der Waals surface area contributed by atoms with Crippen molar-refractivity contribution in [1.29, 1.82) is 0 Å². The predicted octanol–water partition coefficient (Wildman–Crippen LogP) is 3.62. The van der Waals surface area contributed by atoms with Crippen LogP contribution in [0.5, 0.6) is 0 Å². The van der Waals surface area contributed by atoms with Gasteiger partial charge in [0, 0.05) is 17.3 Å². The van der Waals surface area contributed by atoms with Gasteiger partial charge in [-0.05, 0) is 36.2 Å². The van der Waals surface area contributed by atoms with Gasteiger partial charge in [-0.1, -0.05) is 29.8 Å². The van der Waals surface area contributed by atoms with E-state index in [0.29, 0.717) is 0 Å². The Hall–Kier alpha value is -1.67. The van der Waals surface area contributed by atoms with E-state index in [1.165, 1.54) is 11.3 Å². The second-order valence-electron chi connectivity index (χ2n) is 4.23. The van der Waals surface area contributed by atoms with E-state index in [0.717, 1.165) is 29.4 Å². The third-order valence-corrected chi connectivity index (χ3v) is 3.41. The fourth-order valence-corrected chi connectivity index (χ4v) is 2.51. The normalized spacial score (nSPS) is 13.8. The number of nitrogen functional groups attached to an aromatic ring is 1. The molecule has 0 saturated heterocycles. The predicted molar refractivity (Wildman–Crippen MR) is 73.0 cm³/mol. The van der Waals surface area contributed by atoms with E-state index in [-0.39, 0.29) is 0 Å². The van der Waals surface area contributed by atoms with Gasteiger partial charge in [-0.2, -0.15) is 0 Å². The molecule has 17 heavy (non-hydrogen) atoms. The molecule has 2 aromatic carbocycles. The molecular weight excluding hydrogens is 232 g/mol. The van der Waals surface area contributed by atoms with Gasteiger partial charge in [0.25, 0.3) is 0 Å². The number of rotatable bonds is 1.